The zero-order valence-electron chi connectivity index (χ0n) is 2.72. The Bertz CT molecular complexity index is 73.6. The maximum atomic E-state index is 3.83. The van der Waals surface area contributed by atoms with Crippen LogP contribution in [0.2, 0.25) is 0 Å². The van der Waals surface area contributed by atoms with Gasteiger partial charge in [-0.1, -0.05) is 0 Å². The van der Waals surface area contributed by atoms with Gasteiger partial charge in [-0.15, -0.1) is 0 Å². The van der Waals surface area contributed by atoms with Gasteiger partial charge in [0.2, 0.25) is 0 Å². The highest BCUT2D eigenvalue weighted by Crippen LogP contribution is 1.77. The summed E-state index contributed by atoms with van der Waals surface area (Å²) in [6.07, 6.45) is 0. The van der Waals surface area contributed by atoms with Crippen LogP contribution in [0.3, 0.4) is 0 Å². The minimum Gasteiger partial charge on any atom is -0.212 e. The van der Waals surface area contributed by atoms with Crippen molar-refractivity contribution in [2.24, 2.45) is 8.73 Å². The van der Waals surface area contributed by atoms with Gasteiger partial charge < -0.3 is 0 Å². The Morgan fingerprint density at radius 3 is 2.00 bits per heavy atom. The number of nitrogens with zero attached hydrogens (tertiary/aromatic N) is 2. The SMILES string of the molecule is C1CN=S=N1. The molecule has 1 rings (SSSR count). The van der Waals surface area contributed by atoms with Crippen molar-refractivity contribution in [2.75, 3.05) is 13.1 Å². The topological polar surface area (TPSA) is 24.7 Å². The lowest BCUT2D eigenvalue weighted by atomic mass is 10.7. The van der Waals surface area contributed by atoms with E-state index in [4.69, 9.17) is 0 Å². The van der Waals surface area contributed by atoms with E-state index in [0.29, 0.717) is 0 Å². The summed E-state index contributed by atoms with van der Waals surface area (Å²) >= 11 is 1.32. The van der Waals surface area contributed by atoms with Gasteiger partial charge in [0.15, 0.2) is 0 Å². The van der Waals surface area contributed by atoms with Crippen LogP contribution in [-0.4, -0.2) is 13.1 Å². The van der Waals surface area contributed by atoms with Crippen molar-refractivity contribution < 1.29 is 0 Å². The predicted octanol–water partition coefficient (Wildman–Crippen LogP) is 0.450. The highest BCUT2D eigenvalue weighted by atomic mass is 32.1. The molecule has 0 saturated heterocycles. The highest BCUT2D eigenvalue weighted by Gasteiger charge is 1.78. The summed E-state index contributed by atoms with van der Waals surface area (Å²) in [5.41, 5.74) is 0. The first-order valence-electron chi connectivity index (χ1n) is 1.50. The smallest absolute Gasteiger partial charge is 0.0733 e. The summed E-state index contributed by atoms with van der Waals surface area (Å²) in [4.78, 5) is 0. The van der Waals surface area contributed by atoms with Crippen LogP contribution < -0.4 is 0 Å². The second kappa shape index (κ2) is 1.31. The lowest BCUT2D eigenvalue weighted by Crippen LogP contribution is -1.73. The van der Waals surface area contributed by atoms with Crippen LogP contribution >= 0.6 is 0 Å². The van der Waals surface area contributed by atoms with Crippen LogP contribution in [-0.2, 0) is 11.4 Å². The average molecular weight is 88.1 g/mol. The van der Waals surface area contributed by atoms with E-state index in [2.05, 4.69) is 8.73 Å². The normalized spacial score (nSPS) is 19.2. The largest absolute Gasteiger partial charge is 0.212 e. The Labute approximate surface area is 34.1 Å². The molecule has 0 radical (unpaired) electrons. The molecule has 28 valence electrons. The minimum absolute atomic E-state index is 0.921. The fourth-order valence-corrected chi connectivity index (χ4v) is 0.612. The van der Waals surface area contributed by atoms with Gasteiger partial charge in [-0.25, -0.2) is 8.73 Å². The predicted molar refractivity (Wildman–Crippen MR) is 22.0 cm³/mol. The Hall–Kier alpha value is -0.180. The molecule has 1 heterocycles. The molecule has 0 unspecified atom stereocenters. The molecule has 1 aliphatic rings. The van der Waals surface area contributed by atoms with Crippen LogP contribution in [0.1, 0.15) is 0 Å². The molecule has 2 nitrogen and oxygen atoms in total. The van der Waals surface area contributed by atoms with Gasteiger partial charge in [-0.05, 0) is 0 Å². The lowest BCUT2D eigenvalue weighted by molar-refractivity contribution is 1.04. The molecular weight excluding hydrogens is 84.1 g/mol. The van der Waals surface area contributed by atoms with E-state index in [1.165, 1.54) is 11.4 Å². The van der Waals surface area contributed by atoms with Gasteiger partial charge in [0, 0.05) is 0 Å². The summed E-state index contributed by atoms with van der Waals surface area (Å²) in [6.45, 7) is 1.84. The third-order valence-electron chi connectivity index (χ3n) is 0.398. The van der Waals surface area contributed by atoms with Gasteiger partial charge in [0.1, 0.15) is 0 Å². The molecule has 0 aromatic rings. The minimum atomic E-state index is 0.921. The number of hydrogen-bond donors (Lipinski definition) is 0. The van der Waals surface area contributed by atoms with Crippen LogP contribution in [0.15, 0.2) is 8.73 Å². The molecule has 0 saturated carbocycles. The molecule has 0 N–H and O–H groups in total. The molecule has 0 spiro atoms. The van der Waals surface area contributed by atoms with E-state index in [1.54, 1.807) is 0 Å². The fourth-order valence-electron chi connectivity index (χ4n) is 0.204. The molecule has 0 atom stereocenters. The lowest BCUT2D eigenvalue weighted by Gasteiger charge is -1.63. The Kier molecular flexibility index (Phi) is 0.792. The van der Waals surface area contributed by atoms with Crippen molar-refractivity contribution >= 4 is 11.4 Å². The Morgan fingerprint density at radius 1 is 1.20 bits per heavy atom. The number of hydrogen-bond acceptors (Lipinski definition) is 2. The molecule has 0 bridgehead atoms. The fraction of sp³-hybridized carbons (Fsp3) is 1.00. The van der Waals surface area contributed by atoms with Gasteiger partial charge in [-0.3, -0.25) is 0 Å². The first-order chi connectivity index (χ1) is 2.50. The van der Waals surface area contributed by atoms with Gasteiger partial charge in [0.25, 0.3) is 0 Å². The molecule has 0 fully saturated rings. The molecule has 1 aliphatic heterocycles. The van der Waals surface area contributed by atoms with Crippen LogP contribution in [0.4, 0.5) is 0 Å². The van der Waals surface area contributed by atoms with Crippen molar-refractivity contribution in [2.45, 2.75) is 0 Å². The van der Waals surface area contributed by atoms with Crippen LogP contribution in [0.25, 0.3) is 0 Å². The first-order valence-corrected chi connectivity index (χ1v) is 2.23. The number of rotatable bonds is 0. The molecule has 0 aliphatic carbocycles. The Morgan fingerprint density at radius 2 is 1.80 bits per heavy atom. The second-order valence-corrected chi connectivity index (χ2v) is 1.47. The zero-order chi connectivity index (χ0) is 3.54. The van der Waals surface area contributed by atoms with E-state index >= 15 is 0 Å². The maximum absolute atomic E-state index is 3.83. The third kappa shape index (κ3) is 0.545. The van der Waals surface area contributed by atoms with Crippen molar-refractivity contribution in [1.82, 2.24) is 0 Å². The molecule has 3 heteroatoms. The van der Waals surface area contributed by atoms with E-state index in [-0.39, 0.29) is 0 Å². The summed E-state index contributed by atoms with van der Waals surface area (Å²) < 4.78 is 7.67. The summed E-state index contributed by atoms with van der Waals surface area (Å²) in [6, 6.07) is 0. The second-order valence-electron chi connectivity index (χ2n) is 0.787. The summed E-state index contributed by atoms with van der Waals surface area (Å²) in [5, 5.41) is 0. The van der Waals surface area contributed by atoms with Crippen molar-refractivity contribution in [3.63, 3.8) is 0 Å². The first kappa shape index (κ1) is 3.03. The van der Waals surface area contributed by atoms with Crippen LogP contribution in [0.5, 0.6) is 0 Å². The van der Waals surface area contributed by atoms with Crippen molar-refractivity contribution in [1.29, 1.82) is 0 Å². The molecule has 5 heavy (non-hydrogen) atoms. The van der Waals surface area contributed by atoms with Gasteiger partial charge in [-0.2, -0.15) is 0 Å². The van der Waals surface area contributed by atoms with Crippen molar-refractivity contribution in [3.8, 4) is 0 Å². The van der Waals surface area contributed by atoms with E-state index in [0.717, 1.165) is 13.1 Å². The third-order valence-corrected chi connectivity index (χ3v) is 0.994. The van der Waals surface area contributed by atoms with Gasteiger partial charge in [0.05, 0.1) is 24.4 Å². The zero-order valence-corrected chi connectivity index (χ0v) is 3.53. The molecule has 0 amide bonds. The Balaban J connectivity index is 2.64. The van der Waals surface area contributed by atoms with Crippen molar-refractivity contribution in [3.05, 3.63) is 0 Å². The van der Waals surface area contributed by atoms with Gasteiger partial charge >= 0.3 is 0 Å². The molecule has 0 aromatic carbocycles. The molecule has 0 aromatic heterocycles. The van der Waals surface area contributed by atoms with E-state index in [1.807, 2.05) is 0 Å². The quantitative estimate of drug-likeness (QED) is 0.410. The van der Waals surface area contributed by atoms with E-state index < -0.39 is 0 Å². The average Bonchev–Trinajstić information content (AvgIpc) is 1.76. The highest BCUT2D eigenvalue weighted by molar-refractivity contribution is 7.57. The monoisotopic (exact) mass is 88.0 g/mol. The standard InChI is InChI=1S/C2H4N2S/c1-2-4-5-3-1/h1-2H2. The van der Waals surface area contributed by atoms with Crippen LogP contribution in [0, 0.1) is 0 Å². The van der Waals surface area contributed by atoms with E-state index in [9.17, 15) is 0 Å². The maximum Gasteiger partial charge on any atom is 0.0733 e. The summed E-state index contributed by atoms with van der Waals surface area (Å²) in [7, 11) is 0. The molecular formula is C2H4N2S. The summed E-state index contributed by atoms with van der Waals surface area (Å²) in [5.74, 6) is 0.